The fraction of sp³-hybridized carbons (Fsp3) is 0.440. The number of carbonyl (C=O) groups is 2. The molecule has 2 aromatic rings. The molecule has 0 saturated carbocycles. The quantitative estimate of drug-likeness (QED) is 0.661. The molecule has 0 unspecified atom stereocenters. The summed E-state index contributed by atoms with van der Waals surface area (Å²) in [5.41, 5.74) is 4.17. The van der Waals surface area contributed by atoms with Gasteiger partial charge in [0.2, 0.25) is 5.91 Å². The van der Waals surface area contributed by atoms with Crippen LogP contribution in [0.3, 0.4) is 0 Å². The van der Waals surface area contributed by atoms with Gasteiger partial charge in [-0.15, -0.1) is 0 Å². The molecule has 162 valence electrons. The zero-order valence-corrected chi connectivity index (χ0v) is 19.3. The van der Waals surface area contributed by atoms with Crippen molar-refractivity contribution in [3.8, 4) is 0 Å². The molecule has 2 saturated heterocycles. The van der Waals surface area contributed by atoms with Gasteiger partial charge in [0.15, 0.2) is 0 Å². The smallest absolute Gasteiger partial charge is 0.264 e. The Balaban J connectivity index is 1.38. The summed E-state index contributed by atoms with van der Waals surface area (Å²) in [7, 11) is 0. The standard InChI is InChI=1S/C25H28BrN3O2/c1-16(17-6-3-2-4-7-17)29(26)24(30)19-9-10-20-18(14-19)11-13-28-23(20)15-22-21(25(28)31)8-5-12-27-22/h2-4,6-7,9-10,14,16,21-23,27H,5,8,11-13,15H2,1H3/t16-,21-,22-,23+/m1/s1. The number of nitrogens with one attached hydrogen (secondary N) is 1. The molecule has 0 aromatic heterocycles. The summed E-state index contributed by atoms with van der Waals surface area (Å²) in [4.78, 5) is 28.4. The third-order valence-electron chi connectivity index (χ3n) is 7.22. The van der Waals surface area contributed by atoms with E-state index in [9.17, 15) is 9.59 Å². The largest absolute Gasteiger partial charge is 0.335 e. The van der Waals surface area contributed by atoms with Crippen LogP contribution in [-0.4, -0.2) is 39.8 Å². The highest BCUT2D eigenvalue weighted by Crippen LogP contribution is 2.41. The summed E-state index contributed by atoms with van der Waals surface area (Å²) in [6.45, 7) is 3.76. The molecule has 0 spiro atoms. The summed E-state index contributed by atoms with van der Waals surface area (Å²) in [5, 5.41) is 3.57. The van der Waals surface area contributed by atoms with Crippen LogP contribution in [-0.2, 0) is 11.2 Å². The van der Waals surface area contributed by atoms with E-state index < -0.39 is 0 Å². The van der Waals surface area contributed by atoms with E-state index >= 15 is 0 Å². The van der Waals surface area contributed by atoms with Crippen LogP contribution < -0.4 is 5.32 Å². The number of piperidine rings is 2. The molecule has 2 aromatic carbocycles. The summed E-state index contributed by atoms with van der Waals surface area (Å²) < 4.78 is 1.62. The lowest BCUT2D eigenvalue weighted by Crippen LogP contribution is -2.57. The van der Waals surface area contributed by atoms with Crippen molar-refractivity contribution in [1.82, 2.24) is 14.1 Å². The Hall–Kier alpha value is -2.18. The van der Waals surface area contributed by atoms with Gasteiger partial charge in [0.25, 0.3) is 5.91 Å². The second-order valence-corrected chi connectivity index (χ2v) is 9.72. The van der Waals surface area contributed by atoms with Crippen molar-refractivity contribution in [1.29, 1.82) is 0 Å². The normalized spacial score (nSPS) is 25.8. The Labute approximate surface area is 192 Å². The van der Waals surface area contributed by atoms with E-state index in [4.69, 9.17) is 0 Å². The first-order chi connectivity index (χ1) is 15.0. The molecule has 3 aliphatic rings. The van der Waals surface area contributed by atoms with Gasteiger partial charge in [-0.1, -0.05) is 36.4 Å². The third-order valence-corrected chi connectivity index (χ3v) is 8.16. The van der Waals surface area contributed by atoms with E-state index in [2.05, 4.69) is 32.4 Å². The third kappa shape index (κ3) is 3.70. The van der Waals surface area contributed by atoms with Crippen molar-refractivity contribution >= 4 is 28.0 Å². The van der Waals surface area contributed by atoms with Gasteiger partial charge in [0.1, 0.15) is 0 Å². The van der Waals surface area contributed by atoms with E-state index in [1.807, 2.05) is 49.4 Å². The van der Waals surface area contributed by atoms with Crippen molar-refractivity contribution in [2.75, 3.05) is 13.1 Å². The molecule has 0 aliphatic carbocycles. The first-order valence-electron chi connectivity index (χ1n) is 11.3. The number of benzene rings is 2. The molecule has 5 nitrogen and oxygen atoms in total. The fourth-order valence-corrected chi connectivity index (χ4v) is 5.92. The number of nitrogens with zero attached hydrogens (tertiary/aromatic N) is 2. The first-order valence-corrected chi connectivity index (χ1v) is 12.0. The van der Waals surface area contributed by atoms with E-state index in [0.29, 0.717) is 11.5 Å². The number of rotatable bonds is 3. The van der Waals surface area contributed by atoms with Crippen LogP contribution in [0.25, 0.3) is 0 Å². The average molecular weight is 482 g/mol. The maximum atomic E-state index is 13.2. The van der Waals surface area contributed by atoms with Crippen LogP contribution in [0.15, 0.2) is 48.5 Å². The molecule has 0 radical (unpaired) electrons. The minimum Gasteiger partial charge on any atom is -0.335 e. The highest BCUT2D eigenvalue weighted by molar-refractivity contribution is 9.07. The maximum absolute atomic E-state index is 13.2. The number of fused-ring (bicyclic) bond motifs is 4. The van der Waals surface area contributed by atoms with Crippen LogP contribution in [0.2, 0.25) is 0 Å². The average Bonchev–Trinajstić information content (AvgIpc) is 2.83. The van der Waals surface area contributed by atoms with E-state index in [0.717, 1.165) is 44.3 Å². The van der Waals surface area contributed by atoms with Crippen LogP contribution >= 0.6 is 16.1 Å². The molecule has 6 heteroatoms. The number of amides is 2. The van der Waals surface area contributed by atoms with Crippen LogP contribution in [0.5, 0.6) is 0 Å². The predicted octanol–water partition coefficient (Wildman–Crippen LogP) is 4.40. The lowest BCUT2D eigenvalue weighted by Gasteiger charge is -2.48. The summed E-state index contributed by atoms with van der Waals surface area (Å²) in [6.07, 6.45) is 3.85. The van der Waals surface area contributed by atoms with Gasteiger partial charge >= 0.3 is 0 Å². The molecule has 4 atom stereocenters. The monoisotopic (exact) mass is 481 g/mol. The molecule has 2 amide bonds. The number of hydrogen-bond donors (Lipinski definition) is 1. The second kappa shape index (κ2) is 8.40. The van der Waals surface area contributed by atoms with E-state index in [-0.39, 0.29) is 30.0 Å². The molecule has 3 aliphatic heterocycles. The van der Waals surface area contributed by atoms with Gasteiger partial charge in [-0.25, -0.2) is 0 Å². The van der Waals surface area contributed by atoms with Crippen molar-refractivity contribution in [3.63, 3.8) is 0 Å². The molecule has 1 N–H and O–H groups in total. The van der Waals surface area contributed by atoms with Crippen molar-refractivity contribution in [2.24, 2.45) is 5.92 Å². The fourth-order valence-electron chi connectivity index (χ4n) is 5.47. The topological polar surface area (TPSA) is 52.7 Å². The highest BCUT2D eigenvalue weighted by Gasteiger charge is 2.45. The van der Waals surface area contributed by atoms with Gasteiger partial charge in [-0.3, -0.25) is 13.5 Å². The molecule has 3 heterocycles. The lowest BCUT2D eigenvalue weighted by molar-refractivity contribution is -0.145. The van der Waals surface area contributed by atoms with E-state index in [1.54, 1.807) is 3.93 Å². The van der Waals surface area contributed by atoms with Crippen LogP contribution in [0, 0.1) is 5.92 Å². The minimum absolute atomic E-state index is 0.0460. The van der Waals surface area contributed by atoms with Gasteiger partial charge in [0.05, 0.1) is 34.1 Å². The van der Waals surface area contributed by atoms with Crippen LogP contribution in [0.1, 0.15) is 65.3 Å². The predicted molar refractivity (Wildman–Crippen MR) is 124 cm³/mol. The van der Waals surface area contributed by atoms with E-state index in [1.165, 1.54) is 11.1 Å². The molecule has 0 bridgehead atoms. The highest BCUT2D eigenvalue weighted by atomic mass is 79.9. The van der Waals surface area contributed by atoms with Crippen molar-refractivity contribution in [3.05, 3.63) is 70.8 Å². The van der Waals surface area contributed by atoms with Gasteiger partial charge in [-0.05, 0) is 68.0 Å². The Kier molecular flexibility index (Phi) is 5.61. The molecular formula is C25H28BrN3O2. The summed E-state index contributed by atoms with van der Waals surface area (Å²) in [5.74, 6) is 0.395. The molecule has 5 rings (SSSR count). The van der Waals surface area contributed by atoms with Crippen molar-refractivity contribution in [2.45, 2.75) is 50.7 Å². The molecular weight excluding hydrogens is 454 g/mol. The number of hydrogen-bond acceptors (Lipinski definition) is 3. The summed E-state index contributed by atoms with van der Waals surface area (Å²) in [6, 6.07) is 16.3. The zero-order chi connectivity index (χ0) is 21.5. The zero-order valence-electron chi connectivity index (χ0n) is 17.8. The minimum atomic E-state index is -0.0782. The maximum Gasteiger partial charge on any atom is 0.264 e. The van der Waals surface area contributed by atoms with Crippen LogP contribution in [0.4, 0.5) is 0 Å². The summed E-state index contributed by atoms with van der Waals surface area (Å²) >= 11 is 3.50. The molecule has 31 heavy (non-hydrogen) atoms. The van der Waals surface area contributed by atoms with Gasteiger partial charge in [-0.2, -0.15) is 0 Å². The SMILES string of the molecule is C[C@H](c1ccccc1)N(Br)C(=O)c1ccc2c(c1)CCN1C(=O)[C@@H]3CCCN[C@@H]3C[C@@H]21. The van der Waals surface area contributed by atoms with Crippen molar-refractivity contribution < 1.29 is 9.59 Å². The Morgan fingerprint density at radius 2 is 2.03 bits per heavy atom. The number of carbonyl (C=O) groups excluding carboxylic acids is 2. The Bertz CT molecular complexity index is 996. The molecule has 2 fully saturated rings. The lowest BCUT2D eigenvalue weighted by atomic mass is 9.77. The first kappa shape index (κ1) is 20.7. The Morgan fingerprint density at radius 1 is 1.23 bits per heavy atom. The van der Waals surface area contributed by atoms with Gasteiger partial charge in [0, 0.05) is 18.2 Å². The Morgan fingerprint density at radius 3 is 2.84 bits per heavy atom. The second-order valence-electron chi connectivity index (χ2n) is 8.96. The number of halogens is 1. The van der Waals surface area contributed by atoms with Gasteiger partial charge < -0.3 is 10.2 Å².